The first-order chi connectivity index (χ1) is 8.51. The monoisotopic (exact) mass is 263 g/mol. The van der Waals surface area contributed by atoms with Gasteiger partial charge in [0, 0.05) is 6.54 Å². The second-order valence-corrected chi connectivity index (χ2v) is 3.57. The second kappa shape index (κ2) is 7.23. The van der Waals surface area contributed by atoms with Gasteiger partial charge in [-0.05, 0) is 24.2 Å². The molecule has 0 aliphatic heterocycles. The molecule has 0 amide bonds. The van der Waals surface area contributed by atoms with Crippen LogP contribution in [0.25, 0.3) is 0 Å². The van der Waals surface area contributed by atoms with Crippen LogP contribution in [0.15, 0.2) is 24.3 Å². The van der Waals surface area contributed by atoms with E-state index in [2.05, 4.69) is 10.1 Å². The number of halogens is 3. The molecule has 1 aromatic rings. The molecule has 0 saturated heterocycles. The first-order valence-corrected chi connectivity index (χ1v) is 5.64. The molecular weight excluding hydrogens is 247 g/mol. The molecule has 3 nitrogen and oxygen atoms in total. The summed E-state index contributed by atoms with van der Waals surface area (Å²) >= 11 is 0. The lowest BCUT2D eigenvalue weighted by Gasteiger charge is -2.09. The fourth-order valence-corrected chi connectivity index (χ4v) is 1.29. The topological polar surface area (TPSA) is 30.5 Å². The van der Waals surface area contributed by atoms with E-state index in [0.717, 1.165) is 18.7 Å². The lowest BCUT2D eigenvalue weighted by Crippen LogP contribution is -2.18. The van der Waals surface area contributed by atoms with Crippen LogP contribution in [-0.2, 0) is 11.3 Å². The normalized spacial score (nSPS) is 11.6. The zero-order valence-corrected chi connectivity index (χ0v) is 10.1. The summed E-state index contributed by atoms with van der Waals surface area (Å²) in [4.78, 5) is 0. The van der Waals surface area contributed by atoms with E-state index in [4.69, 9.17) is 4.74 Å². The van der Waals surface area contributed by atoms with Gasteiger partial charge in [-0.25, -0.2) is 0 Å². The van der Waals surface area contributed by atoms with Gasteiger partial charge in [0.2, 0.25) is 0 Å². The smallest absolute Gasteiger partial charge is 0.491 e. The number of benzene rings is 1. The molecule has 0 bridgehead atoms. The third-order valence-electron chi connectivity index (χ3n) is 2.12. The summed E-state index contributed by atoms with van der Waals surface area (Å²) in [7, 11) is 0. The summed E-state index contributed by atoms with van der Waals surface area (Å²) < 4.78 is 43.7. The Morgan fingerprint density at radius 2 is 1.78 bits per heavy atom. The first kappa shape index (κ1) is 14.8. The fourth-order valence-electron chi connectivity index (χ4n) is 1.29. The Labute approximate surface area is 104 Å². The third-order valence-corrected chi connectivity index (χ3v) is 2.12. The molecule has 0 aromatic heterocycles. The highest BCUT2D eigenvalue weighted by Crippen LogP contribution is 2.16. The molecule has 1 N–H and O–H groups in total. The van der Waals surface area contributed by atoms with Crippen LogP contribution >= 0.6 is 0 Å². The minimum atomic E-state index is -4.60. The fraction of sp³-hybridized carbons (Fsp3) is 0.500. The quantitative estimate of drug-likeness (QED) is 0.767. The van der Waals surface area contributed by atoms with Gasteiger partial charge in [0.25, 0.3) is 0 Å². The van der Waals surface area contributed by atoms with Crippen molar-refractivity contribution >= 4 is 0 Å². The highest BCUT2D eigenvalue weighted by molar-refractivity contribution is 5.27. The van der Waals surface area contributed by atoms with Crippen LogP contribution in [0.2, 0.25) is 0 Å². The summed E-state index contributed by atoms with van der Waals surface area (Å²) in [5.74, 6) is 0.529. The van der Waals surface area contributed by atoms with Crippen molar-refractivity contribution in [1.29, 1.82) is 0 Å². The van der Waals surface area contributed by atoms with E-state index in [-0.39, 0.29) is 6.61 Å². The Morgan fingerprint density at radius 3 is 2.33 bits per heavy atom. The molecule has 0 atom stereocenters. The Kier molecular flexibility index (Phi) is 5.94. The van der Waals surface area contributed by atoms with E-state index < -0.39 is 13.0 Å². The van der Waals surface area contributed by atoms with Crippen LogP contribution < -0.4 is 10.1 Å². The Bertz CT molecular complexity index is 338. The molecule has 0 unspecified atom stereocenters. The number of alkyl halides is 3. The van der Waals surface area contributed by atoms with Gasteiger partial charge in [-0.15, -0.1) is 13.2 Å². The van der Waals surface area contributed by atoms with Gasteiger partial charge in [0.15, 0.2) is 0 Å². The maximum atomic E-state index is 11.7. The number of ether oxygens (including phenoxy) is 2. The van der Waals surface area contributed by atoms with E-state index in [1.807, 2.05) is 19.1 Å². The molecule has 0 spiro atoms. The van der Waals surface area contributed by atoms with Crippen LogP contribution in [0.3, 0.4) is 0 Å². The van der Waals surface area contributed by atoms with Crippen LogP contribution in [0.5, 0.6) is 5.75 Å². The lowest BCUT2D eigenvalue weighted by atomic mass is 10.2. The van der Waals surface area contributed by atoms with Gasteiger partial charge >= 0.3 is 6.36 Å². The third kappa shape index (κ3) is 6.46. The summed E-state index contributed by atoms with van der Waals surface area (Å²) in [6.45, 7) is 3.01. The Balaban J connectivity index is 2.26. The summed E-state index contributed by atoms with van der Waals surface area (Å²) in [6, 6.07) is 7.17. The molecular formula is C12H16F3NO2. The molecule has 0 fully saturated rings. The largest absolute Gasteiger partial charge is 0.522 e. The van der Waals surface area contributed by atoms with Crippen molar-refractivity contribution in [2.45, 2.75) is 19.8 Å². The molecule has 1 aromatic carbocycles. The van der Waals surface area contributed by atoms with Crippen molar-refractivity contribution in [2.24, 2.45) is 0 Å². The highest BCUT2D eigenvalue weighted by atomic mass is 19.4. The minimum absolute atomic E-state index is 0.133. The Morgan fingerprint density at radius 1 is 1.11 bits per heavy atom. The van der Waals surface area contributed by atoms with E-state index in [1.54, 1.807) is 12.1 Å². The number of nitrogens with one attached hydrogen (secondary N) is 1. The van der Waals surface area contributed by atoms with E-state index in [0.29, 0.717) is 5.75 Å². The number of hydrogen-bond donors (Lipinski definition) is 1. The van der Waals surface area contributed by atoms with Crippen molar-refractivity contribution in [3.8, 4) is 5.75 Å². The average Bonchev–Trinajstić information content (AvgIpc) is 2.32. The average molecular weight is 263 g/mol. The second-order valence-electron chi connectivity index (χ2n) is 3.57. The van der Waals surface area contributed by atoms with Gasteiger partial charge in [-0.3, -0.25) is 4.74 Å². The number of hydrogen-bond acceptors (Lipinski definition) is 3. The predicted molar refractivity (Wildman–Crippen MR) is 61.3 cm³/mol. The summed E-state index contributed by atoms with van der Waals surface area (Å²) in [5.41, 5.74) is 1.09. The van der Waals surface area contributed by atoms with Crippen molar-refractivity contribution in [1.82, 2.24) is 5.32 Å². The molecule has 102 valence electrons. The standard InChI is InChI=1S/C12H16F3NO2/c1-2-16-9-10-3-5-11(6-4-10)17-7-8-18-12(13,14)15/h3-6,16H,2,7-9H2,1H3. The minimum Gasteiger partial charge on any atom is -0.491 e. The Hall–Kier alpha value is -1.27. The van der Waals surface area contributed by atoms with Crippen LogP contribution in [0, 0.1) is 0 Å². The zero-order valence-electron chi connectivity index (χ0n) is 10.1. The van der Waals surface area contributed by atoms with Gasteiger partial charge < -0.3 is 10.1 Å². The van der Waals surface area contributed by atoms with Crippen molar-refractivity contribution < 1.29 is 22.6 Å². The van der Waals surface area contributed by atoms with E-state index in [1.165, 1.54) is 0 Å². The van der Waals surface area contributed by atoms with Crippen molar-refractivity contribution in [3.63, 3.8) is 0 Å². The SMILES string of the molecule is CCNCc1ccc(OCCOC(F)(F)F)cc1. The predicted octanol–water partition coefficient (Wildman–Crippen LogP) is 2.71. The van der Waals surface area contributed by atoms with E-state index >= 15 is 0 Å². The molecule has 18 heavy (non-hydrogen) atoms. The van der Waals surface area contributed by atoms with Gasteiger partial charge in [-0.2, -0.15) is 0 Å². The van der Waals surface area contributed by atoms with Gasteiger partial charge in [0.05, 0.1) is 6.61 Å². The molecule has 1 rings (SSSR count). The molecule has 0 heterocycles. The highest BCUT2D eigenvalue weighted by Gasteiger charge is 2.28. The number of rotatable bonds is 7. The first-order valence-electron chi connectivity index (χ1n) is 5.64. The summed E-state index contributed by atoms with van der Waals surface area (Å²) in [5, 5.41) is 3.17. The van der Waals surface area contributed by atoms with E-state index in [9.17, 15) is 13.2 Å². The van der Waals surface area contributed by atoms with Crippen LogP contribution in [-0.4, -0.2) is 26.1 Å². The maximum Gasteiger partial charge on any atom is 0.522 e. The van der Waals surface area contributed by atoms with Crippen molar-refractivity contribution in [2.75, 3.05) is 19.8 Å². The lowest BCUT2D eigenvalue weighted by molar-refractivity contribution is -0.325. The maximum absolute atomic E-state index is 11.7. The van der Waals surface area contributed by atoms with Crippen LogP contribution in [0.1, 0.15) is 12.5 Å². The molecule has 0 aliphatic carbocycles. The summed E-state index contributed by atoms with van der Waals surface area (Å²) in [6.07, 6.45) is -4.60. The van der Waals surface area contributed by atoms with Crippen molar-refractivity contribution in [3.05, 3.63) is 29.8 Å². The molecule has 0 radical (unpaired) electrons. The molecule has 6 heteroatoms. The molecule has 0 saturated carbocycles. The molecule has 0 aliphatic rings. The zero-order chi connectivity index (χ0) is 13.4. The van der Waals surface area contributed by atoms with Crippen LogP contribution in [0.4, 0.5) is 13.2 Å². The van der Waals surface area contributed by atoms with Gasteiger partial charge in [-0.1, -0.05) is 19.1 Å². The van der Waals surface area contributed by atoms with Gasteiger partial charge in [0.1, 0.15) is 12.4 Å².